The zero-order valence-electron chi connectivity index (χ0n) is 48.6. The maximum Gasteiger partial charge on any atom is 0.472 e. The molecule has 0 heterocycles. The largest absolute Gasteiger partial charge is 0.472 e. The first kappa shape index (κ1) is 70.9. The minimum Gasteiger partial charge on any atom is -0.387 e. The van der Waals surface area contributed by atoms with Crippen molar-refractivity contribution < 1.29 is 32.9 Å². The molecular weight excluding hydrogens is 924 g/mol. The molecule has 426 valence electrons. The van der Waals surface area contributed by atoms with Crippen molar-refractivity contribution in [1.29, 1.82) is 0 Å². The first-order chi connectivity index (χ1) is 35.5. The lowest BCUT2D eigenvalue weighted by Crippen LogP contribution is -2.45. The van der Waals surface area contributed by atoms with Gasteiger partial charge in [0.05, 0.1) is 39.9 Å². The van der Waals surface area contributed by atoms with Gasteiger partial charge in [0.1, 0.15) is 13.2 Å². The fourth-order valence-corrected chi connectivity index (χ4v) is 9.61. The molecule has 0 aliphatic carbocycles. The van der Waals surface area contributed by atoms with Crippen LogP contribution >= 0.6 is 7.82 Å². The monoisotopic (exact) mass is 1040 g/mol. The summed E-state index contributed by atoms with van der Waals surface area (Å²) in [6, 6.07) is -0.861. The molecule has 0 rings (SSSR count). The Balaban J connectivity index is 3.80. The van der Waals surface area contributed by atoms with Gasteiger partial charge in [-0.15, -0.1) is 0 Å². The molecule has 3 N–H and O–H groups in total. The van der Waals surface area contributed by atoms with Gasteiger partial charge >= 0.3 is 7.82 Å². The van der Waals surface area contributed by atoms with E-state index in [2.05, 4.69) is 79.9 Å². The molecule has 3 unspecified atom stereocenters. The number of carbonyl (C=O) groups is 1. The minimum atomic E-state index is -4.35. The number of amides is 1. The van der Waals surface area contributed by atoms with E-state index in [9.17, 15) is 19.4 Å². The first-order valence-electron chi connectivity index (χ1n) is 30.8. The number of phosphoric ester groups is 1. The van der Waals surface area contributed by atoms with Crippen molar-refractivity contribution in [3.8, 4) is 0 Å². The Morgan fingerprint density at radius 3 is 1.26 bits per heavy atom. The number of hydrogen-bond acceptors (Lipinski definition) is 5. The van der Waals surface area contributed by atoms with Crippen LogP contribution in [0.4, 0.5) is 0 Å². The van der Waals surface area contributed by atoms with Crippen LogP contribution in [0.5, 0.6) is 0 Å². The topological polar surface area (TPSA) is 105 Å². The fraction of sp³-hybridized carbons (Fsp3) is 0.797. The highest BCUT2D eigenvalue weighted by molar-refractivity contribution is 7.47. The fourth-order valence-electron chi connectivity index (χ4n) is 8.87. The number of allylic oxidation sites excluding steroid dienone is 11. The highest BCUT2D eigenvalue weighted by Crippen LogP contribution is 2.43. The molecule has 0 spiro atoms. The van der Waals surface area contributed by atoms with Crippen molar-refractivity contribution >= 4 is 13.7 Å². The normalized spacial score (nSPS) is 14.3. The molecule has 0 aromatic heterocycles. The zero-order valence-corrected chi connectivity index (χ0v) is 49.5. The summed E-state index contributed by atoms with van der Waals surface area (Å²) in [5.74, 6) is -0.186. The molecule has 3 atom stereocenters. The van der Waals surface area contributed by atoms with E-state index in [0.717, 1.165) is 64.2 Å². The minimum absolute atomic E-state index is 0.0561. The molecule has 1 amide bonds. The van der Waals surface area contributed by atoms with E-state index in [1.165, 1.54) is 193 Å². The van der Waals surface area contributed by atoms with E-state index >= 15 is 0 Å². The number of unbranched alkanes of at least 4 members (excludes halogenated alkanes) is 33. The van der Waals surface area contributed by atoms with Crippen molar-refractivity contribution in [2.75, 3.05) is 40.9 Å². The summed E-state index contributed by atoms with van der Waals surface area (Å²) in [4.78, 5) is 23.2. The van der Waals surface area contributed by atoms with Gasteiger partial charge in [0.25, 0.3) is 0 Å². The van der Waals surface area contributed by atoms with Crippen LogP contribution in [0.1, 0.15) is 277 Å². The third-order valence-electron chi connectivity index (χ3n) is 13.7. The Morgan fingerprint density at radius 2 is 0.836 bits per heavy atom. The van der Waals surface area contributed by atoms with Gasteiger partial charge in [0.2, 0.25) is 5.91 Å². The first-order valence-corrected chi connectivity index (χ1v) is 32.3. The zero-order chi connectivity index (χ0) is 53.5. The Hall–Kier alpha value is -2.06. The van der Waals surface area contributed by atoms with Gasteiger partial charge in [-0.1, -0.05) is 273 Å². The van der Waals surface area contributed by atoms with Gasteiger partial charge in [-0.05, 0) is 70.6 Å². The van der Waals surface area contributed by atoms with Gasteiger partial charge in [0.15, 0.2) is 0 Å². The molecule has 0 saturated carbocycles. The number of aliphatic hydroxyl groups excluding tert-OH is 1. The average molecular weight is 1040 g/mol. The predicted molar refractivity (Wildman–Crippen MR) is 318 cm³/mol. The number of quaternary nitrogens is 1. The number of hydrogen-bond donors (Lipinski definition) is 3. The van der Waals surface area contributed by atoms with Gasteiger partial charge in [-0.2, -0.15) is 0 Å². The van der Waals surface area contributed by atoms with Crippen LogP contribution < -0.4 is 5.32 Å². The van der Waals surface area contributed by atoms with E-state index in [1.54, 1.807) is 6.08 Å². The molecule has 8 nitrogen and oxygen atoms in total. The Bertz CT molecular complexity index is 1420. The summed E-state index contributed by atoms with van der Waals surface area (Å²) in [5, 5.41) is 13.8. The standard InChI is InChI=1S/C64H119N2O6P/c1-6-8-10-12-14-16-18-19-20-21-22-23-24-25-26-27-28-29-30-31-32-33-34-35-36-37-38-39-40-41-42-43-44-45-46-47-48-50-52-54-56-58-64(68)65-62(61-72-73(69,70)71-60-59-66(3,4)5)63(67)57-55-53-51-49-17-15-13-11-9-7-2/h8,10,14,16-17,19-20,22-23,49,55,57,62-63,67H,6-7,9,11-13,15,18,21,24-48,50-54,56,58-61H2,1-5H3,(H-,65,68,69,70)/p+1/b10-8-,16-14-,20-19-,23-22-,49-17+,57-55+. The van der Waals surface area contributed by atoms with Crippen molar-refractivity contribution in [2.45, 2.75) is 289 Å². The van der Waals surface area contributed by atoms with Crippen molar-refractivity contribution in [1.82, 2.24) is 5.32 Å². The van der Waals surface area contributed by atoms with Crippen molar-refractivity contribution in [2.24, 2.45) is 0 Å². The molecule has 0 fully saturated rings. The molecule has 0 aliphatic heterocycles. The average Bonchev–Trinajstić information content (AvgIpc) is 3.35. The molecule has 73 heavy (non-hydrogen) atoms. The van der Waals surface area contributed by atoms with Gasteiger partial charge < -0.3 is 19.8 Å². The van der Waals surface area contributed by atoms with Crippen LogP contribution in [-0.2, 0) is 18.4 Å². The molecule has 0 bridgehead atoms. The maximum absolute atomic E-state index is 12.9. The quantitative estimate of drug-likeness (QED) is 0.0243. The summed E-state index contributed by atoms with van der Waals surface area (Å²) >= 11 is 0. The van der Waals surface area contributed by atoms with Gasteiger partial charge in [-0.25, -0.2) is 4.57 Å². The Morgan fingerprint density at radius 1 is 0.479 bits per heavy atom. The summed E-state index contributed by atoms with van der Waals surface area (Å²) in [7, 11) is 1.56. The number of carbonyl (C=O) groups excluding carboxylic acids is 1. The van der Waals surface area contributed by atoms with E-state index < -0.39 is 20.0 Å². The maximum atomic E-state index is 12.9. The number of likely N-dealkylation sites (N-methyl/N-ethyl adjacent to an activating group) is 1. The second-order valence-electron chi connectivity index (χ2n) is 22.0. The molecule has 0 aromatic rings. The molecule has 0 saturated heterocycles. The lowest BCUT2D eigenvalue weighted by atomic mass is 10.0. The highest BCUT2D eigenvalue weighted by atomic mass is 31.2. The van der Waals surface area contributed by atoms with Crippen LogP contribution in [0.3, 0.4) is 0 Å². The van der Waals surface area contributed by atoms with E-state index in [-0.39, 0.29) is 19.1 Å². The van der Waals surface area contributed by atoms with E-state index in [0.29, 0.717) is 17.4 Å². The number of rotatable bonds is 56. The summed E-state index contributed by atoms with van der Waals surface area (Å²) in [6.45, 7) is 4.65. The summed E-state index contributed by atoms with van der Waals surface area (Å²) in [6.07, 6.45) is 76.4. The van der Waals surface area contributed by atoms with Gasteiger partial charge in [0, 0.05) is 6.42 Å². The second kappa shape index (κ2) is 54.7. The van der Waals surface area contributed by atoms with Crippen LogP contribution in [0.15, 0.2) is 72.9 Å². The summed E-state index contributed by atoms with van der Waals surface area (Å²) in [5.41, 5.74) is 0. The number of nitrogens with one attached hydrogen (secondary N) is 1. The second-order valence-corrected chi connectivity index (χ2v) is 23.5. The van der Waals surface area contributed by atoms with Crippen molar-refractivity contribution in [3.05, 3.63) is 72.9 Å². The smallest absolute Gasteiger partial charge is 0.387 e. The molecule has 0 radical (unpaired) electrons. The Labute approximate surface area is 453 Å². The van der Waals surface area contributed by atoms with Crippen molar-refractivity contribution in [3.63, 3.8) is 0 Å². The lowest BCUT2D eigenvalue weighted by molar-refractivity contribution is -0.870. The molecular formula is C64H120N2O6P+. The third-order valence-corrected chi connectivity index (χ3v) is 14.6. The summed E-state index contributed by atoms with van der Waals surface area (Å²) < 4.78 is 23.6. The molecule has 9 heteroatoms. The number of phosphoric acid groups is 1. The Kier molecular flexibility index (Phi) is 53.2. The van der Waals surface area contributed by atoms with Gasteiger partial charge in [-0.3, -0.25) is 13.8 Å². The van der Waals surface area contributed by atoms with Crippen LogP contribution in [0.25, 0.3) is 0 Å². The molecule has 0 aliphatic rings. The van der Waals surface area contributed by atoms with Crippen LogP contribution in [-0.4, -0.2) is 73.4 Å². The number of aliphatic hydroxyl groups is 1. The van der Waals surface area contributed by atoms with E-state index in [1.807, 2.05) is 27.2 Å². The third kappa shape index (κ3) is 57.5. The van der Waals surface area contributed by atoms with Crippen LogP contribution in [0.2, 0.25) is 0 Å². The number of nitrogens with zero attached hydrogens (tertiary/aromatic N) is 1. The van der Waals surface area contributed by atoms with E-state index in [4.69, 9.17) is 9.05 Å². The van der Waals surface area contributed by atoms with Crippen LogP contribution in [0, 0.1) is 0 Å². The molecule has 0 aromatic carbocycles. The SMILES string of the molecule is CC/C=C\C/C=C\C/C=C\C/C=C\CCCCCCCCCCCCCCCCCCCCCCCCCCCCCCC(=O)NC(COP(=O)(O)OCC[N+](C)(C)C)C(O)/C=C/CC/C=C/CCCCCC. The lowest BCUT2D eigenvalue weighted by Gasteiger charge is -2.25. The predicted octanol–water partition coefficient (Wildman–Crippen LogP) is 19.0. The highest BCUT2D eigenvalue weighted by Gasteiger charge is 2.27.